The summed E-state index contributed by atoms with van der Waals surface area (Å²) in [7, 11) is -4.64. The number of unbranched alkanes of at least 4 members (excludes halogenated alkanes) is 25. The van der Waals surface area contributed by atoms with Crippen molar-refractivity contribution >= 4 is 19.8 Å². The van der Waals surface area contributed by atoms with Crippen LogP contribution in [0, 0.1) is 0 Å². The highest BCUT2D eigenvalue weighted by Gasteiger charge is 2.27. The van der Waals surface area contributed by atoms with Gasteiger partial charge in [0.05, 0.1) is 19.8 Å². The Morgan fingerprint density at radius 3 is 1.26 bits per heavy atom. The number of phosphoric ester groups is 1. The van der Waals surface area contributed by atoms with Gasteiger partial charge in [-0.1, -0.05) is 203 Å². The third kappa shape index (κ3) is 49.4. The number of carbonyl (C=O) groups excluding carboxylic acids is 2. The van der Waals surface area contributed by atoms with E-state index in [0.717, 1.165) is 38.5 Å². The summed E-state index contributed by atoms with van der Waals surface area (Å²) in [5.74, 6) is -0.987. The second-order valence-corrected chi connectivity index (χ2v) is 19.0. The Morgan fingerprint density at radius 1 is 0.462 bits per heavy atom. The third-order valence-corrected chi connectivity index (χ3v) is 12.1. The summed E-state index contributed by atoms with van der Waals surface area (Å²) in [5, 5.41) is 18.4. The molecule has 65 heavy (non-hydrogen) atoms. The van der Waals surface area contributed by atoms with Gasteiger partial charge in [-0.05, 0) is 77.0 Å². The van der Waals surface area contributed by atoms with Gasteiger partial charge in [0.25, 0.3) is 0 Å². The first-order valence-electron chi connectivity index (χ1n) is 26.2. The quantitative estimate of drug-likeness (QED) is 0.0233. The van der Waals surface area contributed by atoms with E-state index >= 15 is 0 Å². The van der Waals surface area contributed by atoms with Gasteiger partial charge >= 0.3 is 19.8 Å². The zero-order valence-corrected chi connectivity index (χ0v) is 42.3. The molecule has 3 atom stereocenters. The van der Waals surface area contributed by atoms with Crippen LogP contribution >= 0.6 is 7.82 Å². The van der Waals surface area contributed by atoms with Crippen LogP contribution in [0.5, 0.6) is 0 Å². The van der Waals surface area contributed by atoms with E-state index in [0.29, 0.717) is 19.3 Å². The molecule has 10 nitrogen and oxygen atoms in total. The van der Waals surface area contributed by atoms with E-state index in [-0.39, 0.29) is 19.4 Å². The largest absolute Gasteiger partial charge is 0.472 e. The SMILES string of the molecule is CCCCCCCC/C=C/CCCCCCCCCCCCCC(=O)O[C@H](COC(=O)CCC/C=C/C/C=C/C/C=C/C/C=C/CCCCCCCCC)COP(=O)(O)OC[C@@H](O)CO. The van der Waals surface area contributed by atoms with Crippen molar-refractivity contribution in [2.24, 2.45) is 0 Å². The Kier molecular flexibility index (Phi) is 47.8. The van der Waals surface area contributed by atoms with Crippen molar-refractivity contribution in [2.75, 3.05) is 26.4 Å². The highest BCUT2D eigenvalue weighted by atomic mass is 31.2. The predicted molar refractivity (Wildman–Crippen MR) is 270 cm³/mol. The van der Waals surface area contributed by atoms with Gasteiger partial charge in [-0.3, -0.25) is 18.6 Å². The van der Waals surface area contributed by atoms with Gasteiger partial charge in [-0.2, -0.15) is 0 Å². The molecule has 0 aromatic carbocycles. The van der Waals surface area contributed by atoms with E-state index in [4.69, 9.17) is 23.6 Å². The van der Waals surface area contributed by atoms with E-state index < -0.39 is 51.8 Å². The molecule has 0 saturated carbocycles. The molecule has 0 heterocycles. The monoisotopic (exact) mass is 937 g/mol. The number of esters is 2. The van der Waals surface area contributed by atoms with Crippen molar-refractivity contribution in [1.82, 2.24) is 0 Å². The first kappa shape index (κ1) is 62.7. The Labute approximate surface area is 397 Å². The Bertz CT molecular complexity index is 1260. The van der Waals surface area contributed by atoms with Crippen molar-refractivity contribution < 1.29 is 47.8 Å². The molecule has 0 radical (unpaired) electrons. The molecule has 1 unspecified atom stereocenters. The number of ether oxygens (including phenoxy) is 2. The predicted octanol–water partition coefficient (Wildman–Crippen LogP) is 15.0. The zero-order valence-electron chi connectivity index (χ0n) is 41.4. The molecular weight excluding hydrogens is 840 g/mol. The highest BCUT2D eigenvalue weighted by Crippen LogP contribution is 2.43. The summed E-state index contributed by atoms with van der Waals surface area (Å²) in [5.41, 5.74) is 0. The van der Waals surface area contributed by atoms with Crippen LogP contribution in [0.4, 0.5) is 0 Å². The molecule has 0 rings (SSSR count). The van der Waals surface area contributed by atoms with E-state index in [1.165, 1.54) is 148 Å². The first-order chi connectivity index (χ1) is 31.7. The fourth-order valence-corrected chi connectivity index (χ4v) is 7.89. The maximum absolute atomic E-state index is 12.7. The van der Waals surface area contributed by atoms with E-state index in [1.54, 1.807) is 0 Å². The highest BCUT2D eigenvalue weighted by molar-refractivity contribution is 7.47. The number of aliphatic hydroxyl groups excluding tert-OH is 2. The van der Waals surface area contributed by atoms with Crippen molar-refractivity contribution in [2.45, 2.75) is 244 Å². The lowest BCUT2D eigenvalue weighted by atomic mass is 10.0. The molecule has 0 spiro atoms. The molecule has 0 bridgehead atoms. The number of aliphatic hydroxyl groups is 2. The minimum atomic E-state index is -4.64. The van der Waals surface area contributed by atoms with E-state index in [9.17, 15) is 24.2 Å². The number of hydrogen-bond acceptors (Lipinski definition) is 9. The molecule has 378 valence electrons. The average molecular weight is 937 g/mol. The lowest BCUT2D eigenvalue weighted by Gasteiger charge is -2.20. The first-order valence-corrected chi connectivity index (χ1v) is 27.7. The molecule has 0 aliphatic heterocycles. The minimum Gasteiger partial charge on any atom is -0.462 e. The smallest absolute Gasteiger partial charge is 0.462 e. The fraction of sp³-hybridized carbons (Fsp3) is 0.778. The fourth-order valence-electron chi connectivity index (χ4n) is 7.10. The maximum Gasteiger partial charge on any atom is 0.472 e. The number of hydrogen-bond donors (Lipinski definition) is 3. The molecule has 0 aromatic rings. The van der Waals surface area contributed by atoms with Gasteiger partial charge in [-0.15, -0.1) is 0 Å². The third-order valence-electron chi connectivity index (χ3n) is 11.1. The minimum absolute atomic E-state index is 0.165. The molecule has 0 fully saturated rings. The number of allylic oxidation sites excluding steroid dienone is 10. The average Bonchev–Trinajstić information content (AvgIpc) is 3.30. The van der Waals surface area contributed by atoms with E-state index in [1.807, 2.05) is 6.08 Å². The lowest BCUT2D eigenvalue weighted by molar-refractivity contribution is -0.161. The van der Waals surface area contributed by atoms with Crippen molar-refractivity contribution in [3.63, 3.8) is 0 Å². The van der Waals surface area contributed by atoms with Gasteiger partial charge in [0, 0.05) is 12.8 Å². The maximum atomic E-state index is 12.7. The summed E-state index contributed by atoms with van der Waals surface area (Å²) < 4.78 is 32.8. The van der Waals surface area contributed by atoms with Crippen LogP contribution in [-0.4, -0.2) is 65.7 Å². The molecule has 0 aliphatic rings. The number of carbonyl (C=O) groups is 2. The molecule has 11 heteroatoms. The molecular formula is C54H97O10P. The normalized spacial score (nSPS) is 14.1. The molecule has 3 N–H and O–H groups in total. The standard InChI is InChI=1S/C54H97O10P/c1-3-5-7-9-11-13-15-17-19-21-23-25-27-29-31-33-35-37-39-41-43-45-53(57)61-49-52(50-63-65(59,60)62-48-51(56)47-55)64-54(58)46-44-42-40-38-36-34-32-30-28-26-24-22-20-18-16-14-12-10-8-6-4-2/h18-21,25,27,31,33,37,39,51-52,55-56H,3-17,22-24,26,28-30,32,34-36,38,40-50H2,1-2H3,(H,59,60)/b20-18+,21-19+,27-25+,33-31+,39-37+/t51-,52+/m0/s1. The van der Waals surface area contributed by atoms with Gasteiger partial charge < -0.3 is 24.6 Å². The van der Waals surface area contributed by atoms with Crippen molar-refractivity contribution in [3.05, 3.63) is 60.8 Å². The summed E-state index contributed by atoms with van der Waals surface area (Å²) >= 11 is 0. The molecule has 0 amide bonds. The van der Waals surface area contributed by atoms with Crippen LogP contribution in [0.25, 0.3) is 0 Å². The topological polar surface area (TPSA) is 149 Å². The lowest BCUT2D eigenvalue weighted by Crippen LogP contribution is -2.29. The Morgan fingerprint density at radius 2 is 0.815 bits per heavy atom. The number of rotatable bonds is 49. The van der Waals surface area contributed by atoms with Gasteiger partial charge in [0.2, 0.25) is 0 Å². The van der Waals surface area contributed by atoms with Crippen molar-refractivity contribution in [1.29, 1.82) is 0 Å². The van der Waals surface area contributed by atoms with Crippen LogP contribution in [0.2, 0.25) is 0 Å². The van der Waals surface area contributed by atoms with Crippen LogP contribution in [0.1, 0.15) is 232 Å². The van der Waals surface area contributed by atoms with Crippen LogP contribution in [0.15, 0.2) is 60.8 Å². The van der Waals surface area contributed by atoms with Crippen molar-refractivity contribution in [3.8, 4) is 0 Å². The van der Waals surface area contributed by atoms with Crippen LogP contribution in [-0.2, 0) is 32.7 Å². The molecule has 0 aromatic heterocycles. The Hall–Kier alpha value is -2.33. The van der Waals surface area contributed by atoms with Crippen LogP contribution < -0.4 is 0 Å². The second-order valence-electron chi connectivity index (χ2n) is 17.5. The van der Waals surface area contributed by atoms with E-state index in [2.05, 4.69) is 68.5 Å². The number of phosphoric acid groups is 1. The Balaban J connectivity index is 4.26. The summed E-state index contributed by atoms with van der Waals surface area (Å²) in [4.78, 5) is 35.2. The summed E-state index contributed by atoms with van der Waals surface area (Å²) in [6.45, 7) is 2.34. The second kappa shape index (κ2) is 49.6. The molecule has 0 saturated heterocycles. The summed E-state index contributed by atoms with van der Waals surface area (Å²) in [6, 6.07) is 0. The van der Waals surface area contributed by atoms with Crippen LogP contribution in [0.3, 0.4) is 0 Å². The van der Waals surface area contributed by atoms with Gasteiger partial charge in [-0.25, -0.2) is 4.57 Å². The zero-order chi connectivity index (χ0) is 47.6. The van der Waals surface area contributed by atoms with Gasteiger partial charge in [0.15, 0.2) is 6.10 Å². The summed E-state index contributed by atoms with van der Waals surface area (Å²) in [6.07, 6.45) is 57.7. The molecule has 0 aliphatic carbocycles. The van der Waals surface area contributed by atoms with Gasteiger partial charge in [0.1, 0.15) is 12.7 Å².